The molecule has 1 atom stereocenters. The molecule has 8 nitrogen and oxygen atoms in total. The fraction of sp³-hybridized carbons (Fsp3) is 0.458. The molecule has 32 heavy (non-hydrogen) atoms. The maximum absolute atomic E-state index is 5.75. The van der Waals surface area contributed by atoms with Gasteiger partial charge in [0.2, 0.25) is 5.75 Å². The number of aliphatic imine (C=N–C) groups is 1. The maximum Gasteiger partial charge on any atom is 0.203 e. The van der Waals surface area contributed by atoms with Gasteiger partial charge in [-0.25, -0.2) is 0 Å². The van der Waals surface area contributed by atoms with E-state index >= 15 is 0 Å². The Balaban J connectivity index is 2.12. The molecule has 0 aromatic heterocycles. The van der Waals surface area contributed by atoms with E-state index in [0.717, 1.165) is 22.6 Å². The first-order chi connectivity index (χ1) is 15.5. The van der Waals surface area contributed by atoms with E-state index in [-0.39, 0.29) is 6.04 Å². The average molecular weight is 446 g/mol. The molecule has 8 heteroatoms. The lowest BCUT2D eigenvalue weighted by atomic mass is 10.1. The molecule has 0 aliphatic heterocycles. The van der Waals surface area contributed by atoms with Crippen molar-refractivity contribution in [1.29, 1.82) is 0 Å². The van der Waals surface area contributed by atoms with E-state index in [9.17, 15) is 0 Å². The lowest BCUT2D eigenvalue weighted by Gasteiger charge is -2.21. The van der Waals surface area contributed by atoms with Crippen LogP contribution >= 0.6 is 0 Å². The van der Waals surface area contributed by atoms with Crippen molar-refractivity contribution in [2.45, 2.75) is 33.4 Å². The molecule has 176 valence electrons. The summed E-state index contributed by atoms with van der Waals surface area (Å²) >= 11 is 0. The van der Waals surface area contributed by atoms with Crippen LogP contribution in [-0.2, 0) is 6.54 Å². The van der Waals surface area contributed by atoms with Gasteiger partial charge >= 0.3 is 0 Å². The van der Waals surface area contributed by atoms with Gasteiger partial charge in [-0.2, -0.15) is 0 Å². The molecule has 0 bridgehead atoms. The molecule has 0 aliphatic carbocycles. The quantitative estimate of drug-likeness (QED) is 0.400. The fourth-order valence-electron chi connectivity index (χ4n) is 3.30. The Bertz CT molecular complexity index is 901. The van der Waals surface area contributed by atoms with E-state index in [1.165, 1.54) is 0 Å². The molecule has 2 aromatic rings. The third-order valence-electron chi connectivity index (χ3n) is 4.88. The van der Waals surface area contributed by atoms with Gasteiger partial charge in [0.1, 0.15) is 0 Å². The van der Waals surface area contributed by atoms with Gasteiger partial charge in [0, 0.05) is 19.2 Å². The lowest BCUT2D eigenvalue weighted by Crippen LogP contribution is -2.38. The molecule has 2 rings (SSSR count). The van der Waals surface area contributed by atoms with Gasteiger partial charge in [-0.1, -0.05) is 6.07 Å². The first-order valence-electron chi connectivity index (χ1n) is 10.7. The number of nitrogens with one attached hydrogen (secondary N) is 2. The Morgan fingerprint density at radius 3 is 2.12 bits per heavy atom. The fourth-order valence-corrected chi connectivity index (χ4v) is 3.30. The van der Waals surface area contributed by atoms with E-state index < -0.39 is 0 Å². The molecule has 0 fully saturated rings. The highest BCUT2D eigenvalue weighted by Crippen LogP contribution is 2.39. The van der Waals surface area contributed by atoms with Crippen LogP contribution in [0.5, 0.6) is 28.7 Å². The van der Waals surface area contributed by atoms with Crippen LogP contribution in [0.1, 0.15) is 37.9 Å². The van der Waals surface area contributed by atoms with Crippen molar-refractivity contribution in [3.8, 4) is 28.7 Å². The predicted octanol–water partition coefficient (Wildman–Crippen LogP) is 3.94. The minimum Gasteiger partial charge on any atom is -0.493 e. The van der Waals surface area contributed by atoms with Crippen LogP contribution in [0.25, 0.3) is 0 Å². The second-order valence-electron chi connectivity index (χ2n) is 6.86. The van der Waals surface area contributed by atoms with E-state index in [2.05, 4.69) is 22.5 Å². The number of methoxy groups -OCH3 is 3. The van der Waals surface area contributed by atoms with Crippen molar-refractivity contribution in [2.24, 2.45) is 4.99 Å². The van der Waals surface area contributed by atoms with Gasteiger partial charge in [-0.05, 0) is 50.6 Å². The van der Waals surface area contributed by atoms with Crippen LogP contribution < -0.4 is 34.3 Å². The first-order valence-corrected chi connectivity index (χ1v) is 10.7. The summed E-state index contributed by atoms with van der Waals surface area (Å²) in [6.07, 6.45) is 0. The average Bonchev–Trinajstić information content (AvgIpc) is 2.82. The number of rotatable bonds is 11. The maximum atomic E-state index is 5.75. The Kier molecular flexibility index (Phi) is 9.78. The second kappa shape index (κ2) is 12.5. The molecule has 0 amide bonds. The Morgan fingerprint density at radius 2 is 1.53 bits per heavy atom. The van der Waals surface area contributed by atoms with E-state index in [1.807, 2.05) is 44.2 Å². The summed E-state index contributed by atoms with van der Waals surface area (Å²) in [5.74, 6) is 3.93. The van der Waals surface area contributed by atoms with Crippen molar-refractivity contribution in [3.63, 3.8) is 0 Å². The summed E-state index contributed by atoms with van der Waals surface area (Å²) in [6, 6.07) is 9.74. The Labute approximate surface area is 190 Å². The SMILES string of the molecule is CCOc1ccc(C(C)NC(=NC)NCc2ccc(OC)c(OC)c2OC)cc1OCC. The highest BCUT2D eigenvalue weighted by atomic mass is 16.5. The van der Waals surface area contributed by atoms with E-state index in [4.69, 9.17) is 23.7 Å². The summed E-state index contributed by atoms with van der Waals surface area (Å²) in [5.41, 5.74) is 1.98. The zero-order valence-corrected chi connectivity index (χ0v) is 20.1. The summed E-state index contributed by atoms with van der Waals surface area (Å²) in [5, 5.41) is 6.74. The van der Waals surface area contributed by atoms with Crippen molar-refractivity contribution in [3.05, 3.63) is 41.5 Å². The van der Waals surface area contributed by atoms with Crippen LogP contribution in [0.3, 0.4) is 0 Å². The molecule has 0 heterocycles. The molecule has 0 saturated heterocycles. The number of benzene rings is 2. The van der Waals surface area contributed by atoms with Gasteiger partial charge in [0.15, 0.2) is 29.0 Å². The molecule has 2 N–H and O–H groups in total. The number of hydrogen-bond donors (Lipinski definition) is 2. The van der Waals surface area contributed by atoms with Gasteiger partial charge < -0.3 is 34.3 Å². The predicted molar refractivity (Wildman–Crippen MR) is 127 cm³/mol. The van der Waals surface area contributed by atoms with E-state index in [1.54, 1.807) is 28.4 Å². The molecular formula is C24H35N3O5. The largest absolute Gasteiger partial charge is 0.493 e. The van der Waals surface area contributed by atoms with Crippen molar-refractivity contribution < 1.29 is 23.7 Å². The second-order valence-corrected chi connectivity index (χ2v) is 6.86. The number of nitrogens with zero attached hydrogens (tertiary/aromatic N) is 1. The molecule has 2 aromatic carbocycles. The Morgan fingerprint density at radius 1 is 0.875 bits per heavy atom. The Hall–Kier alpha value is -3.29. The van der Waals surface area contributed by atoms with Crippen molar-refractivity contribution in [2.75, 3.05) is 41.6 Å². The van der Waals surface area contributed by atoms with Crippen LogP contribution in [0.4, 0.5) is 0 Å². The summed E-state index contributed by atoms with van der Waals surface area (Å²) in [4.78, 5) is 4.35. The molecule has 0 aliphatic rings. The van der Waals surface area contributed by atoms with Crippen molar-refractivity contribution in [1.82, 2.24) is 10.6 Å². The van der Waals surface area contributed by atoms with Gasteiger partial charge in [-0.3, -0.25) is 4.99 Å². The summed E-state index contributed by atoms with van der Waals surface area (Å²) in [7, 11) is 6.53. The molecule has 1 unspecified atom stereocenters. The number of guanidine groups is 1. The van der Waals surface area contributed by atoms with Gasteiger partial charge in [0.05, 0.1) is 40.6 Å². The topological polar surface area (TPSA) is 82.6 Å². The third kappa shape index (κ3) is 6.12. The number of hydrogen-bond acceptors (Lipinski definition) is 6. The van der Waals surface area contributed by atoms with Gasteiger partial charge in [-0.15, -0.1) is 0 Å². The van der Waals surface area contributed by atoms with Gasteiger partial charge in [0.25, 0.3) is 0 Å². The number of ether oxygens (including phenoxy) is 5. The minimum atomic E-state index is -0.0108. The van der Waals surface area contributed by atoms with Crippen LogP contribution in [0.2, 0.25) is 0 Å². The molecule has 0 radical (unpaired) electrons. The summed E-state index contributed by atoms with van der Waals surface area (Å²) < 4.78 is 27.8. The van der Waals surface area contributed by atoms with Crippen LogP contribution in [0.15, 0.2) is 35.3 Å². The summed E-state index contributed by atoms with van der Waals surface area (Å²) in [6.45, 7) is 7.62. The molecule has 0 spiro atoms. The monoisotopic (exact) mass is 445 g/mol. The molecular weight excluding hydrogens is 410 g/mol. The standard InChI is InChI=1S/C24H35N3O5/c1-8-31-19-12-10-17(14-21(19)32-9-2)16(3)27-24(25-4)26-15-18-11-13-20(28-5)23(30-7)22(18)29-6/h10-14,16H,8-9,15H2,1-7H3,(H2,25,26,27). The highest BCUT2D eigenvalue weighted by Gasteiger charge is 2.17. The lowest BCUT2D eigenvalue weighted by molar-refractivity contribution is 0.287. The third-order valence-corrected chi connectivity index (χ3v) is 4.88. The minimum absolute atomic E-state index is 0.0108. The van der Waals surface area contributed by atoms with Crippen LogP contribution in [-0.4, -0.2) is 47.6 Å². The zero-order chi connectivity index (χ0) is 23.5. The normalized spacial score (nSPS) is 12.0. The molecule has 0 saturated carbocycles. The first kappa shape index (κ1) is 25.0. The van der Waals surface area contributed by atoms with Crippen molar-refractivity contribution >= 4 is 5.96 Å². The van der Waals surface area contributed by atoms with E-state index in [0.29, 0.717) is 43.0 Å². The smallest absolute Gasteiger partial charge is 0.203 e. The highest BCUT2D eigenvalue weighted by molar-refractivity contribution is 5.80. The zero-order valence-electron chi connectivity index (χ0n) is 20.1. The van der Waals surface area contributed by atoms with Crippen LogP contribution in [0, 0.1) is 0 Å².